The molecule has 2 N–H and O–H groups in total. The van der Waals surface area contributed by atoms with Crippen molar-refractivity contribution < 1.29 is 0 Å². The Morgan fingerprint density at radius 2 is 2.40 bits per heavy atom. The molecule has 58 valence electrons. The van der Waals surface area contributed by atoms with E-state index in [4.69, 9.17) is 0 Å². The van der Waals surface area contributed by atoms with Crippen molar-refractivity contribution in [3.05, 3.63) is 0 Å². The minimum atomic E-state index is 0.744. The molecule has 0 aromatic heterocycles. The van der Waals surface area contributed by atoms with E-state index < -0.39 is 0 Å². The van der Waals surface area contributed by atoms with E-state index in [2.05, 4.69) is 16.3 Å². The minimum Gasteiger partial charge on any atom is -0.315 e. The van der Waals surface area contributed by atoms with Crippen LogP contribution in [0.15, 0.2) is 0 Å². The molecule has 2 aliphatic rings. The van der Waals surface area contributed by atoms with Crippen LogP contribution in [0.5, 0.6) is 0 Å². The number of rotatable bonds is 2. The molecular weight excluding hydrogens is 144 g/mol. The highest BCUT2D eigenvalue weighted by Gasteiger charge is 2.44. The van der Waals surface area contributed by atoms with Crippen LogP contribution in [0.25, 0.3) is 0 Å². The number of hydrogen-bond donors (Lipinski definition) is 2. The monoisotopic (exact) mass is 158 g/mol. The molecule has 1 aliphatic heterocycles. The van der Waals surface area contributed by atoms with Crippen LogP contribution >= 0.6 is 11.9 Å². The Hall–Kier alpha value is 0.270. The summed E-state index contributed by atoms with van der Waals surface area (Å²) in [4.78, 5) is 0. The van der Waals surface area contributed by atoms with Gasteiger partial charge in [-0.2, -0.15) is 0 Å². The molecule has 0 spiro atoms. The molecule has 1 saturated heterocycles. The molecular formula is C7H14N2S. The highest BCUT2D eigenvalue weighted by molar-refractivity contribution is 7.96. The normalized spacial score (nSPS) is 44.7. The molecule has 2 nitrogen and oxygen atoms in total. The van der Waals surface area contributed by atoms with E-state index in [1.165, 1.54) is 19.5 Å². The Bertz CT molecular complexity index is 127. The maximum absolute atomic E-state index is 3.44. The molecule has 0 unspecified atom stereocenters. The average molecular weight is 158 g/mol. The zero-order valence-electron chi connectivity index (χ0n) is 6.26. The lowest BCUT2D eigenvalue weighted by Crippen LogP contribution is -2.42. The van der Waals surface area contributed by atoms with Gasteiger partial charge in [0, 0.05) is 12.6 Å². The zero-order chi connectivity index (χ0) is 6.97. The maximum atomic E-state index is 3.44. The first-order chi connectivity index (χ1) is 4.92. The Morgan fingerprint density at radius 3 is 3.20 bits per heavy atom. The zero-order valence-corrected chi connectivity index (χ0v) is 7.08. The Balaban J connectivity index is 1.84. The molecule has 1 saturated carbocycles. The van der Waals surface area contributed by atoms with Crippen LogP contribution < -0.4 is 10.0 Å². The van der Waals surface area contributed by atoms with Gasteiger partial charge in [-0.25, -0.2) is 0 Å². The highest BCUT2D eigenvalue weighted by atomic mass is 32.2. The molecule has 3 heteroatoms. The Morgan fingerprint density at radius 1 is 1.50 bits per heavy atom. The molecule has 0 bridgehead atoms. The first kappa shape index (κ1) is 6.95. The number of fused-ring (bicyclic) bond motifs is 1. The van der Waals surface area contributed by atoms with Gasteiger partial charge in [0.25, 0.3) is 0 Å². The third kappa shape index (κ3) is 1.18. The molecule has 0 aromatic carbocycles. The van der Waals surface area contributed by atoms with Gasteiger partial charge in [0.15, 0.2) is 0 Å². The minimum absolute atomic E-state index is 0.744. The molecule has 0 amide bonds. The van der Waals surface area contributed by atoms with Gasteiger partial charge >= 0.3 is 0 Å². The van der Waals surface area contributed by atoms with Crippen LogP contribution in [0.3, 0.4) is 0 Å². The van der Waals surface area contributed by atoms with Crippen LogP contribution in [0.2, 0.25) is 0 Å². The van der Waals surface area contributed by atoms with E-state index in [-0.39, 0.29) is 0 Å². The standard InChI is InChI=1S/C7H14N2S/c1-10-9-7-4-8-3-5-2-6(5)7/h5-9H,2-4H2,1H3/t5-,6-,7-/m1/s1. The first-order valence-electron chi connectivity index (χ1n) is 3.91. The van der Waals surface area contributed by atoms with Crippen molar-refractivity contribution in [3.63, 3.8) is 0 Å². The molecule has 0 radical (unpaired) electrons. The number of hydrogen-bond acceptors (Lipinski definition) is 3. The van der Waals surface area contributed by atoms with Crippen molar-refractivity contribution in [1.82, 2.24) is 10.0 Å². The Labute approximate surface area is 66.3 Å². The summed E-state index contributed by atoms with van der Waals surface area (Å²) in [5.41, 5.74) is 0. The molecule has 2 rings (SSSR count). The van der Waals surface area contributed by atoms with Crippen molar-refractivity contribution in [3.8, 4) is 0 Å². The molecule has 10 heavy (non-hydrogen) atoms. The second-order valence-corrected chi connectivity index (χ2v) is 3.89. The fraction of sp³-hybridized carbons (Fsp3) is 1.00. The van der Waals surface area contributed by atoms with E-state index >= 15 is 0 Å². The van der Waals surface area contributed by atoms with Gasteiger partial charge in [0.2, 0.25) is 0 Å². The quantitative estimate of drug-likeness (QED) is 0.571. The van der Waals surface area contributed by atoms with Crippen molar-refractivity contribution in [2.45, 2.75) is 12.5 Å². The van der Waals surface area contributed by atoms with Crippen molar-refractivity contribution in [1.29, 1.82) is 0 Å². The Kier molecular flexibility index (Phi) is 1.89. The summed E-state index contributed by atoms with van der Waals surface area (Å²) in [6, 6.07) is 0.744. The van der Waals surface area contributed by atoms with E-state index in [0.717, 1.165) is 17.9 Å². The summed E-state index contributed by atoms with van der Waals surface area (Å²) in [7, 11) is 0. The predicted octanol–water partition coefficient (Wildman–Crippen LogP) is 0.462. The highest BCUT2D eigenvalue weighted by Crippen LogP contribution is 2.42. The molecule has 0 aromatic rings. The van der Waals surface area contributed by atoms with Crippen LogP contribution in [-0.4, -0.2) is 25.4 Å². The number of piperidine rings is 1. The predicted molar refractivity (Wildman–Crippen MR) is 44.9 cm³/mol. The summed E-state index contributed by atoms with van der Waals surface area (Å²) in [6.45, 7) is 2.43. The smallest absolute Gasteiger partial charge is 0.0328 e. The third-order valence-electron chi connectivity index (χ3n) is 2.53. The lowest BCUT2D eigenvalue weighted by atomic mass is 10.1. The van der Waals surface area contributed by atoms with Crippen LogP contribution in [0.4, 0.5) is 0 Å². The van der Waals surface area contributed by atoms with E-state index in [1.807, 2.05) is 0 Å². The van der Waals surface area contributed by atoms with Gasteiger partial charge in [-0.15, -0.1) is 0 Å². The molecule has 3 atom stereocenters. The second kappa shape index (κ2) is 2.72. The lowest BCUT2D eigenvalue weighted by molar-refractivity contribution is 0.419. The van der Waals surface area contributed by atoms with Crippen molar-refractivity contribution in [2.75, 3.05) is 19.3 Å². The molecule has 1 aliphatic carbocycles. The van der Waals surface area contributed by atoms with Gasteiger partial charge in [0.1, 0.15) is 0 Å². The van der Waals surface area contributed by atoms with Crippen LogP contribution in [0, 0.1) is 11.8 Å². The van der Waals surface area contributed by atoms with Crippen molar-refractivity contribution in [2.24, 2.45) is 11.8 Å². The van der Waals surface area contributed by atoms with E-state index in [0.29, 0.717) is 0 Å². The van der Waals surface area contributed by atoms with Crippen molar-refractivity contribution >= 4 is 11.9 Å². The molecule has 2 fully saturated rings. The van der Waals surface area contributed by atoms with Crippen LogP contribution in [0.1, 0.15) is 6.42 Å². The van der Waals surface area contributed by atoms with Gasteiger partial charge < -0.3 is 5.32 Å². The summed E-state index contributed by atoms with van der Waals surface area (Å²) in [6.07, 6.45) is 3.55. The summed E-state index contributed by atoms with van der Waals surface area (Å²) < 4.78 is 3.43. The second-order valence-electron chi connectivity index (χ2n) is 3.25. The van der Waals surface area contributed by atoms with Gasteiger partial charge in [-0.05, 0) is 31.1 Å². The van der Waals surface area contributed by atoms with Gasteiger partial charge in [-0.1, -0.05) is 11.9 Å². The largest absolute Gasteiger partial charge is 0.315 e. The lowest BCUT2D eigenvalue weighted by Gasteiger charge is -2.22. The fourth-order valence-corrected chi connectivity index (χ4v) is 2.42. The SMILES string of the molecule is CSN[C@@H]1CNC[C@H]2C[C@H]21. The summed E-state index contributed by atoms with van der Waals surface area (Å²) >= 11 is 1.75. The van der Waals surface area contributed by atoms with Gasteiger partial charge in [-0.3, -0.25) is 4.72 Å². The maximum Gasteiger partial charge on any atom is 0.0328 e. The topological polar surface area (TPSA) is 24.1 Å². The average Bonchev–Trinajstić information content (AvgIpc) is 2.67. The third-order valence-corrected chi connectivity index (χ3v) is 3.07. The van der Waals surface area contributed by atoms with E-state index in [1.54, 1.807) is 11.9 Å². The fourth-order valence-electron chi connectivity index (χ4n) is 1.85. The van der Waals surface area contributed by atoms with Crippen LogP contribution in [-0.2, 0) is 0 Å². The van der Waals surface area contributed by atoms with Gasteiger partial charge in [0.05, 0.1) is 0 Å². The molecule has 1 heterocycles. The number of nitrogens with one attached hydrogen (secondary N) is 2. The first-order valence-corrected chi connectivity index (χ1v) is 5.13. The van der Waals surface area contributed by atoms with E-state index in [9.17, 15) is 0 Å². The summed E-state index contributed by atoms with van der Waals surface area (Å²) in [5, 5.41) is 3.44. The summed E-state index contributed by atoms with van der Waals surface area (Å²) in [5.74, 6) is 1.99.